The predicted octanol–water partition coefficient (Wildman–Crippen LogP) is 1.07. The first-order valence-corrected chi connectivity index (χ1v) is 6.27. The molecule has 1 unspecified atom stereocenters. The molecule has 3 amide bonds. The maximum Gasteiger partial charge on any atom is 0.316 e. The van der Waals surface area contributed by atoms with E-state index in [1.165, 1.54) is 0 Å². The van der Waals surface area contributed by atoms with Gasteiger partial charge in [-0.05, 0) is 37.0 Å². The molecule has 7 heteroatoms. The molecule has 0 aromatic heterocycles. The van der Waals surface area contributed by atoms with Gasteiger partial charge in [-0.15, -0.1) is 12.4 Å². The second-order valence-electron chi connectivity index (χ2n) is 4.72. The second-order valence-corrected chi connectivity index (χ2v) is 4.72. The first-order chi connectivity index (χ1) is 9.10. The number of hydrogen-bond donors (Lipinski definition) is 4. The normalized spacial score (nSPS) is 14.8. The van der Waals surface area contributed by atoms with Crippen LogP contribution in [0.15, 0.2) is 24.3 Å². The Kier molecular flexibility index (Phi) is 5.79. The van der Waals surface area contributed by atoms with Gasteiger partial charge >= 0.3 is 6.03 Å². The summed E-state index contributed by atoms with van der Waals surface area (Å²) in [5, 5.41) is 5.35. The summed E-state index contributed by atoms with van der Waals surface area (Å²) in [7, 11) is 0. The lowest BCUT2D eigenvalue weighted by molar-refractivity contribution is 0.0933. The predicted molar refractivity (Wildman–Crippen MR) is 79.9 cm³/mol. The third-order valence-electron chi connectivity index (χ3n) is 3.15. The summed E-state index contributed by atoms with van der Waals surface area (Å²) in [5.41, 5.74) is 11.7. The van der Waals surface area contributed by atoms with Crippen LogP contribution in [0.4, 0.5) is 10.5 Å². The van der Waals surface area contributed by atoms with Crippen molar-refractivity contribution in [3.8, 4) is 0 Å². The van der Waals surface area contributed by atoms with Gasteiger partial charge in [0.05, 0.1) is 0 Å². The highest BCUT2D eigenvalue weighted by atomic mass is 35.5. The lowest BCUT2D eigenvalue weighted by Gasteiger charge is -2.16. The fraction of sp³-hybridized carbons (Fsp3) is 0.385. The summed E-state index contributed by atoms with van der Waals surface area (Å²) in [6.07, 6.45) is 2.23. The van der Waals surface area contributed by atoms with Gasteiger partial charge in [0.1, 0.15) is 0 Å². The number of urea groups is 1. The van der Waals surface area contributed by atoms with Crippen molar-refractivity contribution in [2.45, 2.75) is 18.9 Å². The SMILES string of the molecule is Cl.NCC(NC(=O)c1cccc(NC(N)=O)c1)C1CC1. The van der Waals surface area contributed by atoms with Gasteiger partial charge in [0.2, 0.25) is 0 Å². The maximum atomic E-state index is 12.1. The summed E-state index contributed by atoms with van der Waals surface area (Å²) >= 11 is 0. The number of benzene rings is 1. The van der Waals surface area contributed by atoms with E-state index in [4.69, 9.17) is 11.5 Å². The number of nitrogens with two attached hydrogens (primary N) is 2. The van der Waals surface area contributed by atoms with Gasteiger partial charge in [-0.25, -0.2) is 4.79 Å². The number of halogens is 1. The molecule has 2 rings (SSSR count). The van der Waals surface area contributed by atoms with Crippen LogP contribution in [0, 0.1) is 5.92 Å². The van der Waals surface area contributed by atoms with Crippen molar-refractivity contribution in [2.24, 2.45) is 17.4 Å². The average molecular weight is 299 g/mol. The Bertz CT molecular complexity index is 491. The van der Waals surface area contributed by atoms with E-state index in [1.54, 1.807) is 24.3 Å². The minimum atomic E-state index is -0.657. The van der Waals surface area contributed by atoms with E-state index in [9.17, 15) is 9.59 Å². The highest BCUT2D eigenvalue weighted by Crippen LogP contribution is 2.32. The van der Waals surface area contributed by atoms with Crippen LogP contribution >= 0.6 is 12.4 Å². The van der Waals surface area contributed by atoms with Crippen molar-refractivity contribution in [1.29, 1.82) is 0 Å². The smallest absolute Gasteiger partial charge is 0.316 e. The van der Waals surface area contributed by atoms with E-state index < -0.39 is 6.03 Å². The van der Waals surface area contributed by atoms with Crippen LogP contribution in [-0.2, 0) is 0 Å². The van der Waals surface area contributed by atoms with Crippen molar-refractivity contribution >= 4 is 30.0 Å². The number of carbonyl (C=O) groups excluding carboxylic acids is 2. The van der Waals surface area contributed by atoms with Crippen LogP contribution in [0.5, 0.6) is 0 Å². The number of primary amides is 1. The van der Waals surface area contributed by atoms with Gasteiger partial charge in [0.25, 0.3) is 5.91 Å². The third kappa shape index (κ3) is 4.40. The Morgan fingerprint density at radius 3 is 2.60 bits per heavy atom. The Balaban J connectivity index is 0.00000200. The van der Waals surface area contributed by atoms with Gasteiger partial charge in [0, 0.05) is 23.8 Å². The highest BCUT2D eigenvalue weighted by Gasteiger charge is 2.31. The quantitative estimate of drug-likeness (QED) is 0.652. The molecule has 0 heterocycles. The van der Waals surface area contributed by atoms with Crippen molar-refractivity contribution in [3.63, 3.8) is 0 Å². The minimum Gasteiger partial charge on any atom is -0.351 e. The Morgan fingerprint density at radius 2 is 2.05 bits per heavy atom. The second kappa shape index (κ2) is 7.12. The van der Waals surface area contributed by atoms with Crippen LogP contribution < -0.4 is 22.1 Å². The zero-order chi connectivity index (χ0) is 13.8. The topological polar surface area (TPSA) is 110 Å². The van der Waals surface area contributed by atoms with E-state index in [2.05, 4.69) is 10.6 Å². The van der Waals surface area contributed by atoms with E-state index >= 15 is 0 Å². The number of rotatable bonds is 5. The van der Waals surface area contributed by atoms with Gasteiger partial charge in [0.15, 0.2) is 0 Å². The molecule has 0 aliphatic heterocycles. The minimum absolute atomic E-state index is 0. The molecule has 6 N–H and O–H groups in total. The molecular weight excluding hydrogens is 280 g/mol. The van der Waals surface area contributed by atoms with E-state index in [0.717, 1.165) is 12.8 Å². The van der Waals surface area contributed by atoms with Gasteiger partial charge < -0.3 is 22.1 Å². The number of carbonyl (C=O) groups is 2. The summed E-state index contributed by atoms with van der Waals surface area (Å²) in [4.78, 5) is 22.8. The first-order valence-electron chi connectivity index (χ1n) is 6.27. The largest absolute Gasteiger partial charge is 0.351 e. The number of anilines is 1. The monoisotopic (exact) mass is 298 g/mol. The molecule has 110 valence electrons. The first kappa shape index (κ1) is 16.3. The molecule has 1 aromatic rings. The van der Waals surface area contributed by atoms with Crippen LogP contribution in [0.3, 0.4) is 0 Å². The molecule has 0 radical (unpaired) electrons. The maximum absolute atomic E-state index is 12.1. The summed E-state index contributed by atoms with van der Waals surface area (Å²) in [5.74, 6) is 0.316. The molecule has 0 bridgehead atoms. The Morgan fingerprint density at radius 1 is 1.35 bits per heavy atom. The molecular formula is C13H19ClN4O2. The lowest BCUT2D eigenvalue weighted by Crippen LogP contribution is -2.41. The van der Waals surface area contributed by atoms with Crippen molar-refractivity contribution in [1.82, 2.24) is 5.32 Å². The van der Waals surface area contributed by atoms with Crippen LogP contribution in [0.2, 0.25) is 0 Å². The van der Waals surface area contributed by atoms with Crippen LogP contribution in [0.25, 0.3) is 0 Å². The molecule has 1 atom stereocenters. The van der Waals surface area contributed by atoms with Crippen molar-refractivity contribution in [2.75, 3.05) is 11.9 Å². The number of nitrogens with one attached hydrogen (secondary N) is 2. The van der Waals surface area contributed by atoms with Crippen molar-refractivity contribution < 1.29 is 9.59 Å². The highest BCUT2D eigenvalue weighted by molar-refractivity contribution is 5.96. The van der Waals surface area contributed by atoms with E-state index in [1.807, 2.05) is 0 Å². The summed E-state index contributed by atoms with van der Waals surface area (Å²) in [6, 6.07) is 6.00. The molecule has 1 aromatic carbocycles. The fourth-order valence-corrected chi connectivity index (χ4v) is 2.00. The summed E-state index contributed by atoms with van der Waals surface area (Å²) in [6.45, 7) is 0.440. The van der Waals surface area contributed by atoms with E-state index in [-0.39, 0.29) is 24.4 Å². The van der Waals surface area contributed by atoms with Crippen LogP contribution in [0.1, 0.15) is 23.2 Å². The molecule has 20 heavy (non-hydrogen) atoms. The standard InChI is InChI=1S/C13H18N4O2.ClH/c14-7-11(8-4-5-8)17-12(18)9-2-1-3-10(6-9)16-13(15)19;/h1-3,6,8,11H,4-5,7,14H2,(H,17,18)(H3,15,16,19);1H. The molecule has 0 spiro atoms. The van der Waals surface area contributed by atoms with Gasteiger partial charge in [-0.1, -0.05) is 6.07 Å². The average Bonchev–Trinajstić information content (AvgIpc) is 3.19. The lowest BCUT2D eigenvalue weighted by atomic mass is 10.1. The third-order valence-corrected chi connectivity index (χ3v) is 3.15. The Hall–Kier alpha value is -1.79. The molecule has 1 aliphatic carbocycles. The van der Waals surface area contributed by atoms with Gasteiger partial charge in [-0.3, -0.25) is 4.79 Å². The fourth-order valence-electron chi connectivity index (χ4n) is 2.00. The van der Waals surface area contributed by atoms with Gasteiger partial charge in [-0.2, -0.15) is 0 Å². The Labute approximate surface area is 123 Å². The van der Waals surface area contributed by atoms with Crippen LogP contribution in [-0.4, -0.2) is 24.5 Å². The summed E-state index contributed by atoms with van der Waals surface area (Å²) < 4.78 is 0. The zero-order valence-corrected chi connectivity index (χ0v) is 11.8. The zero-order valence-electron chi connectivity index (χ0n) is 11.0. The number of amides is 3. The molecule has 6 nitrogen and oxygen atoms in total. The van der Waals surface area contributed by atoms with E-state index in [0.29, 0.717) is 23.7 Å². The molecule has 1 saturated carbocycles. The number of hydrogen-bond acceptors (Lipinski definition) is 3. The molecule has 1 aliphatic rings. The van der Waals surface area contributed by atoms with Crippen molar-refractivity contribution in [3.05, 3.63) is 29.8 Å². The molecule has 1 fully saturated rings. The molecule has 0 saturated heterocycles.